The number of carbonyl (C=O) groups excluding carboxylic acids is 1. The Labute approximate surface area is 129 Å². The Hall–Kier alpha value is -2.37. The SMILES string of the molecule is O=C1C[C@@H](c2ccc(F)cc2)[C@](c2ccccc2)(C(F)(F)F)O1. The van der Waals surface area contributed by atoms with Gasteiger partial charge in [0.2, 0.25) is 5.60 Å². The van der Waals surface area contributed by atoms with E-state index in [1.54, 1.807) is 6.07 Å². The summed E-state index contributed by atoms with van der Waals surface area (Å²) in [6.07, 6.45) is -5.22. The largest absolute Gasteiger partial charge is 0.444 e. The first-order valence-corrected chi connectivity index (χ1v) is 6.94. The van der Waals surface area contributed by atoms with E-state index in [9.17, 15) is 22.4 Å². The van der Waals surface area contributed by atoms with Crippen molar-refractivity contribution in [2.24, 2.45) is 0 Å². The van der Waals surface area contributed by atoms with Gasteiger partial charge in [0, 0.05) is 11.5 Å². The topological polar surface area (TPSA) is 26.3 Å². The Morgan fingerprint density at radius 1 is 1.00 bits per heavy atom. The summed E-state index contributed by atoms with van der Waals surface area (Å²) in [6, 6.07) is 11.7. The smallest absolute Gasteiger partial charge is 0.433 e. The molecule has 0 unspecified atom stereocenters. The molecule has 0 amide bonds. The van der Waals surface area contributed by atoms with Gasteiger partial charge in [-0.1, -0.05) is 42.5 Å². The van der Waals surface area contributed by atoms with Gasteiger partial charge in [-0.05, 0) is 17.7 Å². The lowest BCUT2D eigenvalue weighted by atomic mass is 9.77. The quantitative estimate of drug-likeness (QED) is 0.608. The van der Waals surface area contributed by atoms with Crippen LogP contribution in [0.4, 0.5) is 17.6 Å². The molecule has 2 aromatic rings. The average Bonchev–Trinajstić information content (AvgIpc) is 2.87. The van der Waals surface area contributed by atoms with E-state index in [0.717, 1.165) is 12.1 Å². The Kier molecular flexibility index (Phi) is 3.62. The zero-order valence-electron chi connectivity index (χ0n) is 11.8. The minimum absolute atomic E-state index is 0.146. The summed E-state index contributed by atoms with van der Waals surface area (Å²) in [6.45, 7) is 0. The molecule has 6 heteroatoms. The number of cyclic esters (lactones) is 1. The molecule has 3 rings (SSSR count). The third-order valence-corrected chi connectivity index (χ3v) is 4.03. The number of rotatable bonds is 2. The van der Waals surface area contributed by atoms with Crippen LogP contribution in [0.15, 0.2) is 54.6 Å². The van der Waals surface area contributed by atoms with Crippen LogP contribution in [-0.4, -0.2) is 12.1 Å². The molecule has 0 saturated carbocycles. The Morgan fingerprint density at radius 3 is 2.17 bits per heavy atom. The van der Waals surface area contributed by atoms with E-state index in [2.05, 4.69) is 0 Å². The molecule has 2 aromatic carbocycles. The monoisotopic (exact) mass is 324 g/mol. The molecular weight excluding hydrogens is 312 g/mol. The lowest BCUT2D eigenvalue weighted by Crippen LogP contribution is -2.46. The van der Waals surface area contributed by atoms with Crippen LogP contribution in [0, 0.1) is 5.82 Å². The predicted molar refractivity (Wildman–Crippen MR) is 74.0 cm³/mol. The molecule has 0 spiro atoms. The summed E-state index contributed by atoms with van der Waals surface area (Å²) in [4.78, 5) is 11.7. The summed E-state index contributed by atoms with van der Waals surface area (Å²) in [5.74, 6) is -2.75. The first-order valence-electron chi connectivity index (χ1n) is 6.94. The van der Waals surface area contributed by atoms with Crippen molar-refractivity contribution in [1.82, 2.24) is 0 Å². The minimum Gasteiger partial charge on any atom is -0.444 e. The molecule has 0 N–H and O–H groups in total. The second-order valence-corrected chi connectivity index (χ2v) is 5.38. The van der Waals surface area contributed by atoms with Crippen molar-refractivity contribution in [3.05, 3.63) is 71.5 Å². The maximum atomic E-state index is 13.9. The molecule has 1 aliphatic rings. The third-order valence-electron chi connectivity index (χ3n) is 4.03. The van der Waals surface area contributed by atoms with Gasteiger partial charge in [-0.2, -0.15) is 13.2 Å². The number of hydrogen-bond acceptors (Lipinski definition) is 2. The molecule has 120 valence electrons. The van der Waals surface area contributed by atoms with Gasteiger partial charge in [-0.15, -0.1) is 0 Å². The van der Waals surface area contributed by atoms with Gasteiger partial charge in [0.1, 0.15) is 5.82 Å². The highest BCUT2D eigenvalue weighted by Gasteiger charge is 2.67. The molecule has 23 heavy (non-hydrogen) atoms. The molecule has 2 nitrogen and oxygen atoms in total. The van der Waals surface area contributed by atoms with Gasteiger partial charge in [0.05, 0.1) is 6.42 Å². The molecular formula is C17H12F4O2. The van der Waals surface area contributed by atoms with Crippen LogP contribution in [0.5, 0.6) is 0 Å². The summed E-state index contributed by atoms with van der Waals surface area (Å²) in [7, 11) is 0. The first kappa shape index (κ1) is 15.5. The normalized spacial score (nSPS) is 24.5. The zero-order valence-corrected chi connectivity index (χ0v) is 11.8. The van der Waals surface area contributed by atoms with Crippen molar-refractivity contribution >= 4 is 5.97 Å². The predicted octanol–water partition coefficient (Wildman–Crippen LogP) is 4.31. The zero-order chi connectivity index (χ0) is 16.7. The van der Waals surface area contributed by atoms with Gasteiger partial charge >= 0.3 is 12.1 Å². The van der Waals surface area contributed by atoms with Crippen LogP contribution < -0.4 is 0 Å². The molecule has 0 bridgehead atoms. The van der Waals surface area contributed by atoms with Crippen LogP contribution in [0.3, 0.4) is 0 Å². The van der Waals surface area contributed by atoms with Gasteiger partial charge in [0.15, 0.2) is 0 Å². The molecule has 0 aliphatic carbocycles. The number of ether oxygens (including phenoxy) is 1. The van der Waals surface area contributed by atoms with Gasteiger partial charge in [-0.25, -0.2) is 4.39 Å². The van der Waals surface area contributed by atoms with E-state index in [-0.39, 0.29) is 11.1 Å². The fraction of sp³-hybridized carbons (Fsp3) is 0.235. The van der Waals surface area contributed by atoms with Crippen LogP contribution >= 0.6 is 0 Å². The van der Waals surface area contributed by atoms with E-state index in [1.165, 1.54) is 36.4 Å². The number of halogens is 4. The lowest BCUT2D eigenvalue weighted by Gasteiger charge is -2.35. The van der Waals surface area contributed by atoms with Crippen molar-refractivity contribution in [3.63, 3.8) is 0 Å². The Bertz CT molecular complexity index is 710. The highest BCUT2D eigenvalue weighted by Crippen LogP contribution is 2.56. The second kappa shape index (κ2) is 5.37. The highest BCUT2D eigenvalue weighted by molar-refractivity contribution is 5.75. The average molecular weight is 324 g/mol. The number of alkyl halides is 3. The van der Waals surface area contributed by atoms with E-state index < -0.39 is 35.9 Å². The van der Waals surface area contributed by atoms with Crippen molar-refractivity contribution in [2.75, 3.05) is 0 Å². The molecule has 1 saturated heterocycles. The Morgan fingerprint density at radius 2 is 1.61 bits per heavy atom. The summed E-state index contributed by atoms with van der Waals surface area (Å²) in [5.41, 5.74) is -2.70. The third kappa shape index (κ3) is 2.48. The van der Waals surface area contributed by atoms with Crippen molar-refractivity contribution in [3.8, 4) is 0 Å². The van der Waals surface area contributed by atoms with Gasteiger partial charge in [0.25, 0.3) is 0 Å². The molecule has 0 radical (unpaired) electrons. The standard InChI is InChI=1S/C17H12F4O2/c18-13-8-6-11(7-9-13)14-10-15(22)23-16(14,17(19,20)21)12-4-2-1-3-5-12/h1-9,14H,10H2/t14-,16+/m0/s1. The van der Waals surface area contributed by atoms with Gasteiger partial charge in [-0.3, -0.25) is 4.79 Å². The van der Waals surface area contributed by atoms with Crippen molar-refractivity contribution in [2.45, 2.75) is 24.1 Å². The fourth-order valence-electron chi connectivity index (χ4n) is 3.02. The molecule has 1 aliphatic heterocycles. The summed E-state index contributed by atoms with van der Waals surface area (Å²) in [5, 5.41) is 0. The summed E-state index contributed by atoms with van der Waals surface area (Å²) < 4.78 is 59.7. The molecule has 1 fully saturated rings. The van der Waals surface area contributed by atoms with Crippen LogP contribution in [0.2, 0.25) is 0 Å². The van der Waals surface area contributed by atoms with E-state index >= 15 is 0 Å². The molecule has 0 aromatic heterocycles. The number of carbonyl (C=O) groups is 1. The summed E-state index contributed by atoms with van der Waals surface area (Å²) >= 11 is 0. The van der Waals surface area contributed by atoms with Crippen LogP contribution in [0.1, 0.15) is 23.5 Å². The fourth-order valence-corrected chi connectivity index (χ4v) is 3.02. The van der Waals surface area contributed by atoms with Crippen molar-refractivity contribution < 1.29 is 27.1 Å². The highest BCUT2D eigenvalue weighted by atomic mass is 19.4. The first-order chi connectivity index (χ1) is 10.8. The van der Waals surface area contributed by atoms with Crippen LogP contribution in [0.25, 0.3) is 0 Å². The van der Waals surface area contributed by atoms with E-state index in [1.807, 2.05) is 0 Å². The van der Waals surface area contributed by atoms with E-state index in [0.29, 0.717) is 0 Å². The maximum absolute atomic E-state index is 13.9. The number of esters is 1. The minimum atomic E-state index is -4.81. The van der Waals surface area contributed by atoms with Crippen LogP contribution in [-0.2, 0) is 15.1 Å². The second-order valence-electron chi connectivity index (χ2n) is 5.38. The van der Waals surface area contributed by atoms with Crippen molar-refractivity contribution in [1.29, 1.82) is 0 Å². The Balaban J connectivity index is 2.20. The van der Waals surface area contributed by atoms with E-state index in [4.69, 9.17) is 4.74 Å². The van der Waals surface area contributed by atoms with Gasteiger partial charge < -0.3 is 4.74 Å². The number of hydrogen-bond donors (Lipinski definition) is 0. The molecule has 2 atom stereocenters. The lowest BCUT2D eigenvalue weighted by molar-refractivity contribution is -0.269. The maximum Gasteiger partial charge on any atom is 0.433 e. The number of benzene rings is 2. The molecule has 1 heterocycles.